The molecule has 0 unspecified atom stereocenters. The highest BCUT2D eigenvalue weighted by molar-refractivity contribution is 7.90. The maximum atomic E-state index is 12.8. The van der Waals surface area contributed by atoms with E-state index in [1.54, 1.807) is 30.3 Å². The molecule has 0 aliphatic carbocycles. The highest BCUT2D eigenvalue weighted by atomic mass is 35.5. The molecule has 0 saturated carbocycles. The number of sulfonamides is 1. The van der Waals surface area contributed by atoms with E-state index in [0.29, 0.717) is 28.5 Å². The number of halogens is 2. The molecular formula is C22H26Cl2N2O5S2. The van der Waals surface area contributed by atoms with Gasteiger partial charge < -0.3 is 5.32 Å². The smallest absolute Gasteiger partial charge is 0.223 e. The lowest BCUT2D eigenvalue weighted by Gasteiger charge is -2.31. The van der Waals surface area contributed by atoms with Crippen LogP contribution >= 0.6 is 23.2 Å². The van der Waals surface area contributed by atoms with E-state index in [1.165, 1.54) is 16.4 Å². The normalized spacial score (nSPS) is 17.0. The average molecular weight is 533 g/mol. The standard InChI is InChI=1S/C22H26Cl2N2O5S2/c1-15(17-4-6-19(7-5-17)32(2,28)29)25-22(27)18-9-11-26(12-10-18)33(30,31)14-16-3-8-20(23)21(24)13-16/h3-8,13,15,18H,9-12,14H2,1-2H3,(H,25,27)/t15-/m0/s1. The molecule has 1 N–H and O–H groups in total. The fraction of sp³-hybridized carbons (Fsp3) is 0.409. The van der Waals surface area contributed by atoms with E-state index in [4.69, 9.17) is 23.2 Å². The molecule has 2 aromatic carbocycles. The van der Waals surface area contributed by atoms with Crippen LogP contribution in [0.5, 0.6) is 0 Å². The third kappa shape index (κ3) is 6.70. The van der Waals surface area contributed by atoms with Crippen molar-refractivity contribution in [2.45, 2.75) is 36.5 Å². The first-order chi connectivity index (χ1) is 15.4. The number of amides is 1. The highest BCUT2D eigenvalue weighted by Crippen LogP contribution is 2.26. The van der Waals surface area contributed by atoms with Crippen molar-refractivity contribution < 1.29 is 21.6 Å². The van der Waals surface area contributed by atoms with Crippen LogP contribution in [0.4, 0.5) is 0 Å². The van der Waals surface area contributed by atoms with Crippen molar-refractivity contribution in [3.8, 4) is 0 Å². The predicted octanol–water partition coefficient (Wildman–Crippen LogP) is 3.82. The Balaban J connectivity index is 1.55. The molecule has 1 amide bonds. The maximum Gasteiger partial charge on any atom is 0.223 e. The van der Waals surface area contributed by atoms with Crippen LogP contribution in [0, 0.1) is 5.92 Å². The van der Waals surface area contributed by atoms with E-state index in [2.05, 4.69) is 5.32 Å². The van der Waals surface area contributed by atoms with Gasteiger partial charge in [0.1, 0.15) is 0 Å². The van der Waals surface area contributed by atoms with Crippen LogP contribution in [0.15, 0.2) is 47.4 Å². The molecule has 0 aromatic heterocycles. The third-order valence-electron chi connectivity index (χ3n) is 5.72. The summed E-state index contributed by atoms with van der Waals surface area (Å²) in [5.41, 5.74) is 1.34. The molecule has 180 valence electrons. The Hall–Kier alpha value is -1.65. The van der Waals surface area contributed by atoms with Gasteiger partial charge in [0.05, 0.1) is 26.7 Å². The highest BCUT2D eigenvalue weighted by Gasteiger charge is 2.31. The number of rotatable bonds is 7. The molecule has 1 saturated heterocycles. The minimum Gasteiger partial charge on any atom is -0.349 e. The number of hydrogen-bond acceptors (Lipinski definition) is 5. The van der Waals surface area contributed by atoms with Crippen molar-refractivity contribution in [3.63, 3.8) is 0 Å². The predicted molar refractivity (Wildman–Crippen MR) is 129 cm³/mol. The minimum atomic E-state index is -3.55. The first kappa shape index (κ1) is 26.0. The monoisotopic (exact) mass is 532 g/mol. The largest absolute Gasteiger partial charge is 0.349 e. The van der Waals surface area contributed by atoms with Gasteiger partial charge in [0, 0.05) is 25.3 Å². The molecule has 2 aromatic rings. The molecule has 3 rings (SSSR count). The number of benzene rings is 2. The molecule has 0 spiro atoms. The zero-order valence-corrected chi connectivity index (χ0v) is 21.4. The Morgan fingerprint density at radius 2 is 1.64 bits per heavy atom. The SMILES string of the molecule is C[C@H](NC(=O)C1CCN(S(=O)(=O)Cc2ccc(Cl)c(Cl)c2)CC1)c1ccc(S(C)(=O)=O)cc1. The summed E-state index contributed by atoms with van der Waals surface area (Å²) >= 11 is 11.9. The lowest BCUT2D eigenvalue weighted by atomic mass is 9.96. The maximum absolute atomic E-state index is 12.8. The first-order valence-electron chi connectivity index (χ1n) is 10.4. The molecule has 33 heavy (non-hydrogen) atoms. The molecule has 1 aliphatic rings. The van der Waals surface area contributed by atoms with E-state index < -0.39 is 19.9 Å². The Kier molecular flexibility index (Phi) is 8.11. The van der Waals surface area contributed by atoms with E-state index in [1.807, 2.05) is 6.92 Å². The first-order valence-corrected chi connectivity index (χ1v) is 14.6. The molecule has 0 radical (unpaired) electrons. The number of carbonyl (C=O) groups excluding carboxylic acids is 1. The quantitative estimate of drug-likeness (QED) is 0.584. The van der Waals surface area contributed by atoms with Crippen LogP contribution in [0.1, 0.15) is 36.9 Å². The molecule has 7 nitrogen and oxygen atoms in total. The second kappa shape index (κ2) is 10.3. The van der Waals surface area contributed by atoms with Gasteiger partial charge in [-0.25, -0.2) is 21.1 Å². The van der Waals surface area contributed by atoms with Crippen LogP contribution < -0.4 is 5.32 Å². The summed E-state index contributed by atoms with van der Waals surface area (Å²) in [6.07, 6.45) is 1.99. The number of sulfone groups is 1. The van der Waals surface area contributed by atoms with Crippen molar-refractivity contribution >= 4 is 49.0 Å². The molecule has 0 bridgehead atoms. The molecular weight excluding hydrogens is 507 g/mol. The van der Waals surface area contributed by atoms with Crippen LogP contribution in [-0.2, 0) is 30.4 Å². The van der Waals surface area contributed by atoms with E-state index in [-0.39, 0.29) is 41.6 Å². The van der Waals surface area contributed by atoms with Crippen LogP contribution in [0.3, 0.4) is 0 Å². The lowest BCUT2D eigenvalue weighted by molar-refractivity contribution is -0.126. The zero-order valence-electron chi connectivity index (χ0n) is 18.3. The summed E-state index contributed by atoms with van der Waals surface area (Å²) < 4.78 is 50.2. The van der Waals surface area contributed by atoms with Gasteiger partial charge in [-0.2, -0.15) is 0 Å². The van der Waals surface area contributed by atoms with Gasteiger partial charge in [-0.1, -0.05) is 41.4 Å². The molecule has 1 aliphatic heterocycles. The molecule has 11 heteroatoms. The fourth-order valence-electron chi connectivity index (χ4n) is 3.75. The van der Waals surface area contributed by atoms with Crippen molar-refractivity contribution in [2.75, 3.05) is 19.3 Å². The number of carbonyl (C=O) groups is 1. The van der Waals surface area contributed by atoms with Crippen molar-refractivity contribution in [1.29, 1.82) is 0 Å². The number of nitrogens with zero attached hydrogens (tertiary/aromatic N) is 1. The average Bonchev–Trinajstić information content (AvgIpc) is 2.75. The van der Waals surface area contributed by atoms with E-state index in [0.717, 1.165) is 11.8 Å². The van der Waals surface area contributed by atoms with Crippen molar-refractivity contribution in [2.24, 2.45) is 5.92 Å². The van der Waals surface area contributed by atoms with Crippen molar-refractivity contribution in [3.05, 3.63) is 63.6 Å². The summed E-state index contributed by atoms with van der Waals surface area (Å²) in [7, 11) is -6.83. The van der Waals surface area contributed by atoms with Gasteiger partial charge in [-0.05, 0) is 55.2 Å². The minimum absolute atomic E-state index is 0.142. The Labute approximate surface area is 205 Å². The molecule has 1 fully saturated rings. The van der Waals surface area contributed by atoms with Gasteiger partial charge in [0.15, 0.2) is 9.84 Å². The Morgan fingerprint density at radius 3 is 2.18 bits per heavy atom. The Bertz CT molecular complexity index is 1220. The lowest BCUT2D eigenvalue weighted by Crippen LogP contribution is -2.43. The topological polar surface area (TPSA) is 101 Å². The number of nitrogens with one attached hydrogen (secondary N) is 1. The van der Waals surface area contributed by atoms with Gasteiger partial charge in [0.2, 0.25) is 15.9 Å². The summed E-state index contributed by atoms with van der Waals surface area (Å²) in [4.78, 5) is 12.9. The van der Waals surface area contributed by atoms with Gasteiger partial charge >= 0.3 is 0 Å². The van der Waals surface area contributed by atoms with Gasteiger partial charge in [-0.15, -0.1) is 0 Å². The van der Waals surface area contributed by atoms with E-state index in [9.17, 15) is 21.6 Å². The number of piperidine rings is 1. The molecule has 1 atom stereocenters. The summed E-state index contributed by atoms with van der Waals surface area (Å²) in [6, 6.07) is 10.8. The second-order valence-corrected chi connectivity index (χ2v) is 13.0. The van der Waals surface area contributed by atoms with Gasteiger partial charge in [-0.3, -0.25) is 4.79 Å². The third-order valence-corrected chi connectivity index (χ3v) is 9.44. The van der Waals surface area contributed by atoms with E-state index >= 15 is 0 Å². The molecule has 1 heterocycles. The summed E-state index contributed by atoms with van der Waals surface area (Å²) in [6.45, 7) is 2.35. The van der Waals surface area contributed by atoms with Gasteiger partial charge in [0.25, 0.3) is 0 Å². The summed E-state index contributed by atoms with van der Waals surface area (Å²) in [5, 5.41) is 3.62. The fourth-order valence-corrected chi connectivity index (χ4v) is 6.25. The van der Waals surface area contributed by atoms with Crippen molar-refractivity contribution in [1.82, 2.24) is 9.62 Å². The second-order valence-electron chi connectivity index (χ2n) is 8.25. The van der Waals surface area contributed by atoms with Crippen LogP contribution in [-0.4, -0.2) is 46.4 Å². The Morgan fingerprint density at radius 1 is 1.03 bits per heavy atom. The van der Waals surface area contributed by atoms with Crippen LogP contribution in [0.2, 0.25) is 10.0 Å². The zero-order chi connectivity index (χ0) is 24.4. The number of hydrogen-bond donors (Lipinski definition) is 1. The summed E-state index contributed by atoms with van der Waals surface area (Å²) in [5.74, 6) is -0.614. The van der Waals surface area contributed by atoms with Crippen LogP contribution in [0.25, 0.3) is 0 Å².